The monoisotopic (exact) mass is 255 g/mol. The topological polar surface area (TPSA) is 35.6 Å². The van der Waals surface area contributed by atoms with Gasteiger partial charge in [-0.25, -0.2) is 0 Å². The number of thioether (sulfide) groups is 1. The fourth-order valence-corrected chi connectivity index (χ4v) is 3.82. The molecular weight excluding hydrogens is 234 g/mol. The van der Waals surface area contributed by atoms with Gasteiger partial charge in [-0.3, -0.25) is 15.0 Å². The third kappa shape index (κ3) is 2.20. The minimum atomic E-state index is -0.142. The second-order valence-electron chi connectivity index (χ2n) is 5.35. The summed E-state index contributed by atoms with van der Waals surface area (Å²) < 4.78 is 0. The van der Waals surface area contributed by atoms with Gasteiger partial charge in [0.15, 0.2) is 0 Å². The Kier molecular flexibility index (Phi) is 3.09. The zero-order valence-electron chi connectivity index (χ0n) is 10.4. The van der Waals surface area contributed by atoms with Crippen LogP contribution in [0.2, 0.25) is 0 Å². The van der Waals surface area contributed by atoms with Crippen molar-refractivity contribution in [3.8, 4) is 0 Å². The van der Waals surface area contributed by atoms with Gasteiger partial charge in [0, 0.05) is 37.7 Å². The lowest BCUT2D eigenvalue weighted by molar-refractivity contribution is -0.130. The van der Waals surface area contributed by atoms with Crippen molar-refractivity contribution in [2.24, 2.45) is 0 Å². The van der Waals surface area contributed by atoms with Gasteiger partial charge in [0.1, 0.15) is 0 Å². The zero-order chi connectivity index (χ0) is 11.9. The molecule has 17 heavy (non-hydrogen) atoms. The molecule has 4 nitrogen and oxygen atoms in total. The Labute approximate surface area is 107 Å². The Bertz CT molecular complexity index is 313. The largest absolute Gasteiger partial charge is 0.325 e. The van der Waals surface area contributed by atoms with Crippen molar-refractivity contribution in [2.75, 3.05) is 37.7 Å². The lowest BCUT2D eigenvalue weighted by Gasteiger charge is -2.29. The van der Waals surface area contributed by atoms with Crippen LogP contribution in [0, 0.1) is 0 Å². The Morgan fingerprint density at radius 2 is 2.06 bits per heavy atom. The van der Waals surface area contributed by atoms with E-state index < -0.39 is 0 Å². The average Bonchev–Trinajstić information content (AvgIpc) is 3.06. The summed E-state index contributed by atoms with van der Waals surface area (Å²) in [6.45, 7) is 6.39. The molecular formula is C12H21N3OS. The molecule has 0 bridgehead atoms. The molecule has 1 amide bonds. The predicted octanol–water partition coefficient (Wildman–Crippen LogP) is 0.346. The summed E-state index contributed by atoms with van der Waals surface area (Å²) in [4.78, 5) is 16.7. The first-order valence-corrected chi connectivity index (χ1v) is 7.76. The standard InChI is InChI=1S/C12H21N3OS/c1-10-13-12(2-3-12)11(16)15(10)5-4-14-6-8-17-9-7-14/h10,13H,2-9H2,1H3. The molecule has 3 aliphatic rings. The van der Waals surface area contributed by atoms with Crippen LogP contribution in [0.4, 0.5) is 0 Å². The van der Waals surface area contributed by atoms with E-state index in [0.29, 0.717) is 5.91 Å². The van der Waals surface area contributed by atoms with Crippen molar-refractivity contribution in [3.05, 3.63) is 0 Å². The van der Waals surface area contributed by atoms with Crippen molar-refractivity contribution in [1.82, 2.24) is 15.1 Å². The number of carbonyl (C=O) groups is 1. The van der Waals surface area contributed by atoms with Crippen LogP contribution in [-0.2, 0) is 4.79 Å². The Hall–Kier alpha value is -0.260. The maximum atomic E-state index is 12.2. The fraction of sp³-hybridized carbons (Fsp3) is 0.917. The van der Waals surface area contributed by atoms with Crippen LogP contribution in [0.5, 0.6) is 0 Å². The molecule has 1 spiro atoms. The molecule has 5 heteroatoms. The van der Waals surface area contributed by atoms with E-state index in [-0.39, 0.29) is 11.7 Å². The SMILES string of the molecule is CC1NC2(CC2)C(=O)N1CCN1CCSCC1. The highest BCUT2D eigenvalue weighted by atomic mass is 32.2. The lowest BCUT2D eigenvalue weighted by atomic mass is 10.3. The molecule has 1 unspecified atom stereocenters. The third-order valence-corrected chi connectivity index (χ3v) is 5.08. The summed E-state index contributed by atoms with van der Waals surface area (Å²) in [6, 6.07) is 0. The summed E-state index contributed by atoms with van der Waals surface area (Å²) in [7, 11) is 0. The zero-order valence-corrected chi connectivity index (χ0v) is 11.3. The summed E-state index contributed by atoms with van der Waals surface area (Å²) in [5, 5.41) is 3.45. The summed E-state index contributed by atoms with van der Waals surface area (Å²) in [5.41, 5.74) is -0.142. The molecule has 0 aromatic rings. The van der Waals surface area contributed by atoms with E-state index in [2.05, 4.69) is 17.1 Å². The minimum absolute atomic E-state index is 0.142. The van der Waals surface area contributed by atoms with E-state index in [1.807, 2.05) is 16.7 Å². The molecule has 1 saturated carbocycles. The summed E-state index contributed by atoms with van der Waals surface area (Å²) in [5.74, 6) is 2.83. The highest BCUT2D eigenvalue weighted by Gasteiger charge is 2.57. The number of hydrogen-bond donors (Lipinski definition) is 1. The van der Waals surface area contributed by atoms with Gasteiger partial charge in [-0.1, -0.05) is 0 Å². The first kappa shape index (κ1) is 11.8. The molecule has 2 saturated heterocycles. The number of amides is 1. The number of carbonyl (C=O) groups excluding carboxylic acids is 1. The van der Waals surface area contributed by atoms with Crippen LogP contribution in [0.25, 0.3) is 0 Å². The molecule has 1 N–H and O–H groups in total. The van der Waals surface area contributed by atoms with Gasteiger partial charge < -0.3 is 4.90 Å². The lowest BCUT2D eigenvalue weighted by Crippen LogP contribution is -2.43. The van der Waals surface area contributed by atoms with Gasteiger partial charge in [0.05, 0.1) is 11.7 Å². The molecule has 0 aromatic heterocycles. The van der Waals surface area contributed by atoms with E-state index in [9.17, 15) is 4.79 Å². The van der Waals surface area contributed by atoms with E-state index in [1.54, 1.807) is 0 Å². The van der Waals surface area contributed by atoms with Crippen LogP contribution >= 0.6 is 11.8 Å². The van der Waals surface area contributed by atoms with Crippen LogP contribution in [0.15, 0.2) is 0 Å². The van der Waals surface area contributed by atoms with E-state index in [0.717, 1.165) is 25.9 Å². The quantitative estimate of drug-likeness (QED) is 0.789. The minimum Gasteiger partial charge on any atom is -0.325 e. The number of nitrogens with one attached hydrogen (secondary N) is 1. The van der Waals surface area contributed by atoms with Crippen molar-refractivity contribution in [1.29, 1.82) is 0 Å². The molecule has 0 aromatic carbocycles. The number of nitrogens with zero attached hydrogens (tertiary/aromatic N) is 2. The second-order valence-corrected chi connectivity index (χ2v) is 6.58. The van der Waals surface area contributed by atoms with E-state index >= 15 is 0 Å². The Balaban J connectivity index is 1.52. The van der Waals surface area contributed by atoms with Crippen molar-refractivity contribution in [3.63, 3.8) is 0 Å². The highest BCUT2D eigenvalue weighted by molar-refractivity contribution is 7.99. The van der Waals surface area contributed by atoms with Crippen molar-refractivity contribution < 1.29 is 4.79 Å². The summed E-state index contributed by atoms with van der Waals surface area (Å²) >= 11 is 2.03. The summed E-state index contributed by atoms with van der Waals surface area (Å²) in [6.07, 6.45) is 2.30. The molecule has 1 aliphatic carbocycles. The van der Waals surface area contributed by atoms with Gasteiger partial charge in [0.2, 0.25) is 5.91 Å². The highest BCUT2D eigenvalue weighted by Crippen LogP contribution is 2.41. The third-order valence-electron chi connectivity index (χ3n) is 4.13. The van der Waals surface area contributed by atoms with Crippen LogP contribution in [0.3, 0.4) is 0 Å². The Morgan fingerprint density at radius 1 is 1.35 bits per heavy atom. The second kappa shape index (κ2) is 4.44. The molecule has 2 aliphatic heterocycles. The number of hydrogen-bond acceptors (Lipinski definition) is 4. The van der Waals surface area contributed by atoms with E-state index in [4.69, 9.17) is 0 Å². The predicted molar refractivity (Wildman–Crippen MR) is 70.0 cm³/mol. The maximum absolute atomic E-state index is 12.2. The van der Waals surface area contributed by atoms with Crippen LogP contribution in [0.1, 0.15) is 19.8 Å². The van der Waals surface area contributed by atoms with Crippen molar-refractivity contribution >= 4 is 17.7 Å². The maximum Gasteiger partial charge on any atom is 0.244 e. The van der Waals surface area contributed by atoms with Crippen LogP contribution < -0.4 is 5.32 Å². The average molecular weight is 255 g/mol. The van der Waals surface area contributed by atoms with Gasteiger partial charge >= 0.3 is 0 Å². The molecule has 1 atom stereocenters. The fourth-order valence-electron chi connectivity index (χ4n) is 2.84. The molecule has 96 valence electrons. The first-order chi connectivity index (χ1) is 8.21. The smallest absolute Gasteiger partial charge is 0.244 e. The molecule has 3 fully saturated rings. The van der Waals surface area contributed by atoms with Gasteiger partial charge in [-0.15, -0.1) is 0 Å². The van der Waals surface area contributed by atoms with Gasteiger partial charge in [-0.05, 0) is 19.8 Å². The molecule has 0 radical (unpaired) electrons. The van der Waals surface area contributed by atoms with Gasteiger partial charge in [0.25, 0.3) is 0 Å². The first-order valence-electron chi connectivity index (χ1n) is 6.60. The molecule has 2 heterocycles. The molecule has 3 rings (SSSR count). The van der Waals surface area contributed by atoms with Crippen LogP contribution in [-0.4, -0.2) is 65.1 Å². The van der Waals surface area contributed by atoms with E-state index in [1.165, 1.54) is 24.6 Å². The van der Waals surface area contributed by atoms with Gasteiger partial charge in [-0.2, -0.15) is 11.8 Å². The van der Waals surface area contributed by atoms with Crippen molar-refractivity contribution in [2.45, 2.75) is 31.5 Å². The number of rotatable bonds is 3. The Morgan fingerprint density at radius 3 is 2.65 bits per heavy atom. The normalized spacial score (nSPS) is 32.4.